The molecular weight excluding hydrogens is 327 g/mol. The summed E-state index contributed by atoms with van der Waals surface area (Å²) in [6, 6.07) is 10.5. The second-order valence-corrected chi connectivity index (χ2v) is 5.13. The van der Waals surface area contributed by atoms with Gasteiger partial charge in [-0.1, -0.05) is 30.3 Å². The lowest BCUT2D eigenvalue weighted by Gasteiger charge is -2.14. The number of halogens is 2. The van der Waals surface area contributed by atoms with Crippen LogP contribution in [0.1, 0.15) is 17.2 Å². The molecule has 2 N–H and O–H groups in total. The molecule has 2 aromatic carbocycles. The number of benzene rings is 2. The van der Waals surface area contributed by atoms with Crippen LogP contribution in [0.5, 0.6) is 0 Å². The lowest BCUT2D eigenvalue weighted by atomic mass is 9.98. The molecule has 0 heterocycles. The fourth-order valence-corrected chi connectivity index (χ4v) is 2.57. The van der Waals surface area contributed by atoms with Crippen LogP contribution < -0.4 is 5.73 Å². The molecule has 0 amide bonds. The summed E-state index contributed by atoms with van der Waals surface area (Å²) in [5.74, 6) is -0.402. The molecule has 6 heteroatoms. The van der Waals surface area contributed by atoms with Crippen molar-refractivity contribution >= 4 is 21.6 Å². The summed E-state index contributed by atoms with van der Waals surface area (Å²) in [6.45, 7) is 0. The number of rotatable bonds is 4. The number of nitrogens with two attached hydrogens (primary N) is 1. The molecule has 1 atom stereocenters. The lowest BCUT2D eigenvalue weighted by molar-refractivity contribution is -0.385. The van der Waals surface area contributed by atoms with Gasteiger partial charge in [0.1, 0.15) is 5.82 Å². The maximum absolute atomic E-state index is 13.5. The summed E-state index contributed by atoms with van der Waals surface area (Å²) < 4.78 is 13.8. The molecular formula is C14H12BrFN2O2. The molecule has 0 saturated heterocycles. The summed E-state index contributed by atoms with van der Waals surface area (Å²) in [5, 5.41) is 11.0. The first-order chi connectivity index (χ1) is 9.50. The molecule has 0 fully saturated rings. The van der Waals surface area contributed by atoms with Gasteiger partial charge < -0.3 is 5.73 Å². The number of hydrogen-bond acceptors (Lipinski definition) is 3. The third kappa shape index (κ3) is 3.02. The predicted molar refractivity (Wildman–Crippen MR) is 77.8 cm³/mol. The molecule has 0 bridgehead atoms. The molecule has 0 saturated carbocycles. The Hall–Kier alpha value is -1.79. The Bertz CT molecular complexity index is 649. The van der Waals surface area contributed by atoms with Crippen molar-refractivity contribution in [2.45, 2.75) is 12.5 Å². The van der Waals surface area contributed by atoms with E-state index in [1.165, 1.54) is 12.1 Å². The van der Waals surface area contributed by atoms with Gasteiger partial charge in [0.25, 0.3) is 5.69 Å². The topological polar surface area (TPSA) is 69.2 Å². The first-order valence-electron chi connectivity index (χ1n) is 5.92. The highest BCUT2D eigenvalue weighted by Gasteiger charge is 2.18. The van der Waals surface area contributed by atoms with Gasteiger partial charge in [-0.15, -0.1) is 0 Å². The number of nitro groups is 1. The molecule has 0 radical (unpaired) electrons. The standard InChI is InChI=1S/C14H12BrFN2O2/c15-14-10(5-3-6-11(14)16)12(17)8-9-4-1-2-7-13(9)18(19)20/h1-7,12H,8,17H2. The summed E-state index contributed by atoms with van der Waals surface area (Å²) in [5.41, 5.74) is 7.19. The Kier molecular flexibility index (Phi) is 4.46. The van der Waals surface area contributed by atoms with Gasteiger partial charge in [0.2, 0.25) is 0 Å². The van der Waals surface area contributed by atoms with E-state index in [0.29, 0.717) is 15.6 Å². The Balaban J connectivity index is 2.30. The van der Waals surface area contributed by atoms with Crippen molar-refractivity contribution in [2.75, 3.05) is 0 Å². The molecule has 0 aliphatic heterocycles. The van der Waals surface area contributed by atoms with E-state index >= 15 is 0 Å². The Morgan fingerprint density at radius 2 is 1.95 bits per heavy atom. The van der Waals surface area contributed by atoms with Crippen LogP contribution in [-0.2, 0) is 6.42 Å². The van der Waals surface area contributed by atoms with Crippen molar-refractivity contribution in [3.63, 3.8) is 0 Å². The zero-order chi connectivity index (χ0) is 14.7. The number of para-hydroxylation sites is 1. The van der Waals surface area contributed by atoms with Crippen LogP contribution in [-0.4, -0.2) is 4.92 Å². The summed E-state index contributed by atoms with van der Waals surface area (Å²) >= 11 is 3.15. The van der Waals surface area contributed by atoms with Crippen LogP contribution in [0.15, 0.2) is 46.9 Å². The minimum atomic E-state index is -0.527. The number of hydrogen-bond donors (Lipinski definition) is 1. The number of nitrogens with zero attached hydrogens (tertiary/aromatic N) is 1. The molecule has 0 aliphatic carbocycles. The van der Waals surface area contributed by atoms with E-state index in [0.717, 1.165) is 0 Å². The van der Waals surface area contributed by atoms with E-state index in [1.54, 1.807) is 30.3 Å². The molecule has 2 rings (SSSR count). The first kappa shape index (κ1) is 14.6. The highest BCUT2D eigenvalue weighted by atomic mass is 79.9. The SMILES string of the molecule is NC(Cc1ccccc1[N+](=O)[O-])c1cccc(F)c1Br. The maximum Gasteiger partial charge on any atom is 0.272 e. The van der Waals surface area contributed by atoms with Crippen molar-refractivity contribution in [2.24, 2.45) is 5.73 Å². The highest BCUT2D eigenvalue weighted by Crippen LogP contribution is 2.29. The average molecular weight is 339 g/mol. The Labute approximate surface area is 123 Å². The van der Waals surface area contributed by atoms with Crippen molar-refractivity contribution in [3.8, 4) is 0 Å². The van der Waals surface area contributed by atoms with Gasteiger partial charge in [-0.3, -0.25) is 10.1 Å². The fraction of sp³-hybridized carbons (Fsp3) is 0.143. The van der Waals surface area contributed by atoms with Crippen LogP contribution in [0.2, 0.25) is 0 Å². The highest BCUT2D eigenvalue weighted by molar-refractivity contribution is 9.10. The van der Waals surface area contributed by atoms with Crippen molar-refractivity contribution < 1.29 is 9.31 Å². The minimum absolute atomic E-state index is 0.0236. The minimum Gasteiger partial charge on any atom is -0.324 e. The smallest absolute Gasteiger partial charge is 0.272 e. The van der Waals surface area contributed by atoms with E-state index in [1.807, 2.05) is 0 Å². The van der Waals surface area contributed by atoms with Gasteiger partial charge >= 0.3 is 0 Å². The molecule has 20 heavy (non-hydrogen) atoms. The summed E-state index contributed by atoms with van der Waals surface area (Å²) in [6.07, 6.45) is 0.263. The van der Waals surface area contributed by atoms with Gasteiger partial charge in [-0.05, 0) is 34.0 Å². The molecule has 4 nitrogen and oxygen atoms in total. The molecule has 2 aromatic rings. The van der Waals surface area contributed by atoms with Crippen LogP contribution in [0.25, 0.3) is 0 Å². The summed E-state index contributed by atoms with van der Waals surface area (Å²) in [4.78, 5) is 10.5. The van der Waals surface area contributed by atoms with Crippen molar-refractivity contribution in [1.29, 1.82) is 0 Å². The normalized spacial score (nSPS) is 12.2. The van der Waals surface area contributed by atoms with E-state index < -0.39 is 16.8 Å². The zero-order valence-corrected chi connectivity index (χ0v) is 12.0. The second kappa shape index (κ2) is 6.11. The van der Waals surface area contributed by atoms with Gasteiger partial charge in [0.05, 0.1) is 9.40 Å². The largest absolute Gasteiger partial charge is 0.324 e. The van der Waals surface area contributed by atoms with Crippen LogP contribution in [0.4, 0.5) is 10.1 Å². The Morgan fingerprint density at radius 1 is 1.25 bits per heavy atom. The quantitative estimate of drug-likeness (QED) is 0.681. The van der Waals surface area contributed by atoms with Crippen LogP contribution in [0, 0.1) is 15.9 Å². The van der Waals surface area contributed by atoms with Gasteiger partial charge in [-0.2, -0.15) is 0 Å². The third-order valence-electron chi connectivity index (χ3n) is 3.01. The molecule has 0 aromatic heterocycles. The first-order valence-corrected chi connectivity index (χ1v) is 6.71. The third-order valence-corrected chi connectivity index (χ3v) is 3.85. The fourth-order valence-electron chi connectivity index (χ4n) is 2.02. The van der Waals surface area contributed by atoms with Crippen LogP contribution in [0.3, 0.4) is 0 Å². The van der Waals surface area contributed by atoms with Gasteiger partial charge in [0.15, 0.2) is 0 Å². The molecule has 1 unspecified atom stereocenters. The van der Waals surface area contributed by atoms with E-state index in [-0.39, 0.29) is 12.1 Å². The Morgan fingerprint density at radius 3 is 2.65 bits per heavy atom. The maximum atomic E-state index is 13.5. The van der Waals surface area contributed by atoms with Gasteiger partial charge in [-0.25, -0.2) is 4.39 Å². The monoisotopic (exact) mass is 338 g/mol. The second-order valence-electron chi connectivity index (χ2n) is 4.34. The van der Waals surface area contributed by atoms with E-state index in [9.17, 15) is 14.5 Å². The van der Waals surface area contributed by atoms with E-state index in [4.69, 9.17) is 5.73 Å². The average Bonchev–Trinajstić information content (AvgIpc) is 2.42. The number of nitro benzene ring substituents is 1. The molecule has 0 aliphatic rings. The van der Waals surface area contributed by atoms with Crippen molar-refractivity contribution in [3.05, 3.63) is 74.0 Å². The van der Waals surface area contributed by atoms with Crippen molar-refractivity contribution in [1.82, 2.24) is 0 Å². The van der Waals surface area contributed by atoms with E-state index in [2.05, 4.69) is 15.9 Å². The predicted octanol–water partition coefficient (Wildman–Crippen LogP) is 3.74. The molecule has 104 valence electrons. The van der Waals surface area contributed by atoms with Crippen LogP contribution >= 0.6 is 15.9 Å². The summed E-state index contributed by atoms with van der Waals surface area (Å²) in [7, 11) is 0. The van der Waals surface area contributed by atoms with Gasteiger partial charge in [0, 0.05) is 17.7 Å². The molecule has 0 spiro atoms. The zero-order valence-electron chi connectivity index (χ0n) is 10.4. The lowest BCUT2D eigenvalue weighted by Crippen LogP contribution is -2.15.